The molecule has 31 heavy (non-hydrogen) atoms. The first-order chi connectivity index (χ1) is 14.2. The fourth-order valence-electron chi connectivity index (χ4n) is 2.80. The van der Waals surface area contributed by atoms with Crippen LogP contribution in [0.1, 0.15) is 38.2 Å². The third kappa shape index (κ3) is 8.18. The Balaban J connectivity index is 3.31. The Morgan fingerprint density at radius 1 is 1.13 bits per heavy atom. The second-order valence-electron chi connectivity index (χ2n) is 7.06. The van der Waals surface area contributed by atoms with Gasteiger partial charge in [-0.15, -0.1) is 0 Å². The predicted molar refractivity (Wildman–Crippen MR) is 113 cm³/mol. The Morgan fingerprint density at radius 3 is 2.16 bits per heavy atom. The maximum atomic E-state index is 12.9. The summed E-state index contributed by atoms with van der Waals surface area (Å²) in [5, 5.41) is 19.3. The average Bonchev–Trinajstić information content (AvgIpc) is 2.62. The normalized spacial score (nSPS) is 17.4. The van der Waals surface area contributed by atoms with Gasteiger partial charge in [0.2, 0.25) is 0 Å². The van der Waals surface area contributed by atoms with E-state index >= 15 is 0 Å². The van der Waals surface area contributed by atoms with Gasteiger partial charge in [-0.05, 0) is 0 Å². The number of nitrogens with one attached hydrogen (secondary N) is 1. The van der Waals surface area contributed by atoms with Crippen molar-refractivity contribution < 1.29 is 46.4 Å². The molecule has 0 bridgehead atoms. The molecule has 0 heterocycles. The molecule has 8 nitrogen and oxygen atoms in total. The molecule has 0 aliphatic carbocycles. The van der Waals surface area contributed by atoms with Crippen LogP contribution >= 0.6 is 15.3 Å². The van der Waals surface area contributed by atoms with E-state index in [-0.39, 0.29) is 37.5 Å². The molecule has 0 aromatic heterocycles. The van der Waals surface area contributed by atoms with Crippen LogP contribution in [0.3, 0.4) is 0 Å². The predicted octanol–water partition coefficient (Wildman–Crippen LogP) is 4.50. The number of benzene rings is 1. The van der Waals surface area contributed by atoms with Crippen molar-refractivity contribution in [1.29, 1.82) is 0 Å². The molecular formula is C18H31F3NO7P2+. The molecule has 4 atom stereocenters. The second-order valence-corrected chi connectivity index (χ2v) is 12.6. The third-order valence-electron chi connectivity index (χ3n) is 4.22. The molecule has 0 aliphatic rings. The second kappa shape index (κ2) is 11.3. The van der Waals surface area contributed by atoms with Crippen LogP contribution in [0, 0.1) is 0 Å². The molecule has 13 heteroatoms. The van der Waals surface area contributed by atoms with Gasteiger partial charge in [-0.1, -0.05) is 0 Å². The molecule has 4 N–H and O–H groups in total. The van der Waals surface area contributed by atoms with Crippen LogP contribution < -0.4 is 5.32 Å². The molecule has 0 spiro atoms. The van der Waals surface area contributed by atoms with E-state index in [4.69, 9.17) is 18.7 Å². The summed E-state index contributed by atoms with van der Waals surface area (Å²) in [5.41, 5.74) is 0.217. The van der Waals surface area contributed by atoms with Crippen molar-refractivity contribution in [3.05, 3.63) is 29.8 Å². The topological polar surface area (TPSA) is 117 Å². The number of aliphatic hydroxyl groups excluding tert-OH is 2. The van der Waals surface area contributed by atoms with Gasteiger partial charge < -0.3 is 0 Å². The van der Waals surface area contributed by atoms with Crippen LogP contribution in [0.15, 0.2) is 24.3 Å². The molecule has 0 saturated heterocycles. The van der Waals surface area contributed by atoms with Crippen LogP contribution in [0.25, 0.3) is 0 Å². The SMILES string of the molecule is CCO[P+](=O)C(c1ccc(NC(O)C(F)(F)F)cc1)P(C)(O)(OCC)OCCC(C)O. The van der Waals surface area contributed by atoms with Crippen molar-refractivity contribution in [2.75, 3.05) is 31.8 Å². The molecule has 0 amide bonds. The summed E-state index contributed by atoms with van der Waals surface area (Å²) in [6.45, 7) is 6.13. The average molecular weight is 492 g/mol. The van der Waals surface area contributed by atoms with Crippen molar-refractivity contribution in [2.24, 2.45) is 0 Å². The van der Waals surface area contributed by atoms with Gasteiger partial charge >= 0.3 is 180 Å². The molecule has 0 saturated carbocycles. The zero-order valence-electron chi connectivity index (χ0n) is 17.9. The van der Waals surface area contributed by atoms with Gasteiger partial charge in [-0.25, -0.2) is 0 Å². The molecule has 0 aliphatic heterocycles. The Labute approximate surface area is 180 Å². The van der Waals surface area contributed by atoms with Crippen LogP contribution in [-0.2, 0) is 18.1 Å². The minimum atomic E-state index is -4.85. The summed E-state index contributed by atoms with van der Waals surface area (Å²) in [4.78, 5) is 11.6. The number of anilines is 1. The summed E-state index contributed by atoms with van der Waals surface area (Å²) < 4.78 is 67.2. The molecule has 180 valence electrons. The van der Waals surface area contributed by atoms with E-state index < -0.39 is 39.2 Å². The minimum absolute atomic E-state index is 0.0305. The number of hydrogen-bond donors (Lipinski definition) is 4. The van der Waals surface area contributed by atoms with Crippen molar-refractivity contribution in [3.8, 4) is 0 Å². The van der Waals surface area contributed by atoms with Gasteiger partial charge in [0.05, 0.1) is 0 Å². The number of alkyl halides is 3. The first kappa shape index (κ1) is 28.1. The number of hydrogen-bond acceptors (Lipinski definition) is 8. The molecular weight excluding hydrogens is 461 g/mol. The summed E-state index contributed by atoms with van der Waals surface area (Å²) >= 11 is 0. The van der Waals surface area contributed by atoms with Gasteiger partial charge in [-0.2, -0.15) is 0 Å². The third-order valence-corrected chi connectivity index (χ3v) is 10.7. The Bertz CT molecular complexity index is 717. The first-order valence-electron chi connectivity index (χ1n) is 9.68. The first-order valence-corrected chi connectivity index (χ1v) is 13.5. The van der Waals surface area contributed by atoms with Crippen LogP contribution in [0.4, 0.5) is 18.9 Å². The van der Waals surface area contributed by atoms with Gasteiger partial charge in [0.1, 0.15) is 0 Å². The van der Waals surface area contributed by atoms with Crippen molar-refractivity contribution in [1.82, 2.24) is 0 Å². The van der Waals surface area contributed by atoms with Gasteiger partial charge in [0, 0.05) is 0 Å². The van der Waals surface area contributed by atoms with E-state index in [1.54, 1.807) is 20.8 Å². The number of halogens is 3. The van der Waals surface area contributed by atoms with Crippen LogP contribution in [0.5, 0.6) is 0 Å². The fraction of sp³-hybridized carbons (Fsp3) is 0.667. The molecule has 1 rings (SSSR count). The quantitative estimate of drug-likeness (QED) is 0.235. The van der Waals surface area contributed by atoms with E-state index in [1.807, 2.05) is 5.32 Å². The summed E-state index contributed by atoms with van der Waals surface area (Å²) in [6.07, 6.45) is -8.13. The van der Waals surface area contributed by atoms with E-state index in [2.05, 4.69) is 0 Å². The van der Waals surface area contributed by atoms with Crippen LogP contribution in [-0.4, -0.2) is 60.1 Å². The summed E-state index contributed by atoms with van der Waals surface area (Å²) in [6, 6.07) is 5.18. The van der Waals surface area contributed by atoms with Gasteiger partial charge in [0.15, 0.2) is 0 Å². The van der Waals surface area contributed by atoms with E-state index in [0.717, 1.165) is 0 Å². The Morgan fingerprint density at radius 2 is 1.71 bits per heavy atom. The monoisotopic (exact) mass is 492 g/mol. The zero-order valence-corrected chi connectivity index (χ0v) is 19.7. The number of rotatable bonds is 13. The van der Waals surface area contributed by atoms with E-state index in [0.29, 0.717) is 0 Å². The molecule has 0 radical (unpaired) electrons. The maximum absolute atomic E-state index is 12.9. The Hall–Kier alpha value is -0.900. The summed E-state index contributed by atoms with van der Waals surface area (Å²) in [5.74, 6) is 0. The van der Waals surface area contributed by atoms with E-state index in [1.165, 1.54) is 30.9 Å². The van der Waals surface area contributed by atoms with Crippen molar-refractivity contribution in [3.63, 3.8) is 0 Å². The van der Waals surface area contributed by atoms with Crippen molar-refractivity contribution in [2.45, 2.75) is 51.1 Å². The van der Waals surface area contributed by atoms with Gasteiger partial charge in [-0.3, -0.25) is 0 Å². The standard InChI is InChI=1S/C18H31F3NO7P2/c1-5-27-30(25)16(31(4,26,28-6-2)29-12-11-13(3)23)14-7-9-15(10-8-14)22-17(24)18(19,20)21/h7-10,13,16-17,22-24,26H,5-6,11-12H2,1-4H3/q+1. The number of aliphatic hydroxyl groups is 2. The molecule has 4 unspecified atom stereocenters. The fourth-order valence-corrected chi connectivity index (χ4v) is 8.30. The van der Waals surface area contributed by atoms with Crippen LogP contribution in [0.2, 0.25) is 0 Å². The van der Waals surface area contributed by atoms with Gasteiger partial charge in [0.25, 0.3) is 0 Å². The molecule has 1 aromatic carbocycles. The molecule has 0 fully saturated rings. The van der Waals surface area contributed by atoms with Crippen molar-refractivity contribution >= 4 is 21.0 Å². The Kier molecular flexibility index (Phi) is 10.3. The molecule has 1 aromatic rings. The zero-order chi connectivity index (χ0) is 23.9. The summed E-state index contributed by atoms with van der Waals surface area (Å²) in [7, 11) is -7.18. The van der Waals surface area contributed by atoms with E-state index in [9.17, 15) is 27.7 Å².